The standard InChI is InChI=1S/C19H16ClFN4OS/c20-17-14(6-2-8-22-17)24-19(26)25-9-3-7-16(25)18-23-15(11-27-18)12-4-1-5-13(21)10-12/h1-2,4-6,8,10-11,16H,3,7,9H2,(H,24,26)/t16-/m0/s1. The van der Waals surface area contributed by atoms with Crippen molar-refractivity contribution >= 4 is 34.7 Å². The van der Waals surface area contributed by atoms with Crippen LogP contribution in [0.5, 0.6) is 0 Å². The number of aromatic nitrogens is 2. The Balaban J connectivity index is 1.53. The number of thiazole rings is 1. The van der Waals surface area contributed by atoms with Crippen molar-refractivity contribution in [3.05, 3.63) is 64.0 Å². The number of anilines is 1. The van der Waals surface area contributed by atoms with Crippen LogP contribution in [0.25, 0.3) is 11.3 Å². The molecule has 1 aliphatic rings. The molecule has 27 heavy (non-hydrogen) atoms. The first-order chi connectivity index (χ1) is 13.1. The minimum Gasteiger partial charge on any atom is -0.315 e. The molecule has 4 rings (SSSR count). The van der Waals surface area contributed by atoms with E-state index in [4.69, 9.17) is 11.6 Å². The molecule has 0 bridgehead atoms. The zero-order chi connectivity index (χ0) is 18.8. The van der Waals surface area contributed by atoms with Crippen LogP contribution in [0.15, 0.2) is 48.0 Å². The number of nitrogens with one attached hydrogen (secondary N) is 1. The maximum atomic E-state index is 13.5. The number of hydrogen-bond donors (Lipinski definition) is 1. The van der Waals surface area contributed by atoms with Gasteiger partial charge in [-0.2, -0.15) is 0 Å². The average molecular weight is 403 g/mol. The first kappa shape index (κ1) is 17.9. The van der Waals surface area contributed by atoms with E-state index in [0.717, 1.165) is 29.1 Å². The van der Waals surface area contributed by atoms with Crippen LogP contribution in [0.2, 0.25) is 5.15 Å². The second kappa shape index (κ2) is 7.62. The Labute approximate surface area is 164 Å². The summed E-state index contributed by atoms with van der Waals surface area (Å²) in [7, 11) is 0. The van der Waals surface area contributed by atoms with E-state index in [1.165, 1.54) is 23.5 Å². The molecule has 1 saturated heterocycles. The van der Waals surface area contributed by atoms with E-state index in [1.807, 2.05) is 11.4 Å². The van der Waals surface area contributed by atoms with Gasteiger partial charge in [0.2, 0.25) is 0 Å². The molecule has 1 aliphatic heterocycles. The molecule has 1 atom stereocenters. The van der Waals surface area contributed by atoms with Crippen LogP contribution in [-0.2, 0) is 0 Å². The number of pyridine rings is 1. The van der Waals surface area contributed by atoms with Gasteiger partial charge in [-0.25, -0.2) is 19.2 Å². The first-order valence-electron chi connectivity index (χ1n) is 8.51. The molecule has 0 radical (unpaired) electrons. The average Bonchev–Trinajstić information content (AvgIpc) is 3.33. The topological polar surface area (TPSA) is 58.1 Å². The van der Waals surface area contributed by atoms with Crippen LogP contribution in [0, 0.1) is 5.82 Å². The zero-order valence-corrected chi connectivity index (χ0v) is 15.8. The summed E-state index contributed by atoms with van der Waals surface area (Å²) in [6.07, 6.45) is 3.30. The molecule has 0 unspecified atom stereocenters. The van der Waals surface area contributed by atoms with Gasteiger partial charge < -0.3 is 10.2 Å². The lowest BCUT2D eigenvalue weighted by Gasteiger charge is -2.23. The number of halogens is 2. The van der Waals surface area contributed by atoms with E-state index in [9.17, 15) is 9.18 Å². The van der Waals surface area contributed by atoms with Crippen molar-refractivity contribution < 1.29 is 9.18 Å². The lowest BCUT2D eigenvalue weighted by molar-refractivity contribution is 0.207. The van der Waals surface area contributed by atoms with Crippen molar-refractivity contribution in [3.8, 4) is 11.3 Å². The second-order valence-electron chi connectivity index (χ2n) is 6.20. The molecule has 2 aromatic heterocycles. The summed E-state index contributed by atoms with van der Waals surface area (Å²) in [5.41, 5.74) is 1.93. The van der Waals surface area contributed by atoms with E-state index in [-0.39, 0.29) is 23.0 Å². The van der Waals surface area contributed by atoms with Crippen LogP contribution in [0.3, 0.4) is 0 Å². The smallest absolute Gasteiger partial charge is 0.315 e. The summed E-state index contributed by atoms with van der Waals surface area (Å²) in [6, 6.07) is 9.45. The summed E-state index contributed by atoms with van der Waals surface area (Å²) >= 11 is 7.51. The number of urea groups is 1. The predicted octanol–water partition coefficient (Wildman–Crippen LogP) is 5.37. The highest BCUT2D eigenvalue weighted by Gasteiger charge is 2.32. The molecule has 2 amide bonds. The van der Waals surface area contributed by atoms with Gasteiger partial charge in [-0.15, -0.1) is 11.3 Å². The van der Waals surface area contributed by atoms with E-state index in [1.54, 1.807) is 29.3 Å². The quantitative estimate of drug-likeness (QED) is 0.599. The van der Waals surface area contributed by atoms with Crippen LogP contribution in [0.4, 0.5) is 14.9 Å². The summed E-state index contributed by atoms with van der Waals surface area (Å²) in [5.74, 6) is -0.294. The van der Waals surface area contributed by atoms with Crippen molar-refractivity contribution in [1.82, 2.24) is 14.9 Å². The Hall–Kier alpha value is -2.51. The number of nitrogens with zero attached hydrogens (tertiary/aromatic N) is 3. The second-order valence-corrected chi connectivity index (χ2v) is 7.45. The van der Waals surface area contributed by atoms with Gasteiger partial charge in [0.25, 0.3) is 0 Å². The molecule has 3 heterocycles. The molecule has 1 N–H and O–H groups in total. The van der Waals surface area contributed by atoms with Crippen LogP contribution in [-0.4, -0.2) is 27.4 Å². The fourth-order valence-corrected chi connectivity index (χ4v) is 4.29. The molecular formula is C19H16ClFN4OS. The van der Waals surface area contributed by atoms with E-state index >= 15 is 0 Å². The van der Waals surface area contributed by atoms with Crippen molar-refractivity contribution in [2.75, 3.05) is 11.9 Å². The number of amides is 2. The van der Waals surface area contributed by atoms with Gasteiger partial charge in [0.1, 0.15) is 10.8 Å². The fourth-order valence-electron chi connectivity index (χ4n) is 3.15. The summed E-state index contributed by atoms with van der Waals surface area (Å²) in [4.78, 5) is 23.1. The Morgan fingerprint density at radius 3 is 3.04 bits per heavy atom. The van der Waals surface area contributed by atoms with Gasteiger partial charge in [-0.3, -0.25) is 0 Å². The van der Waals surface area contributed by atoms with Crippen molar-refractivity contribution in [3.63, 3.8) is 0 Å². The minimum atomic E-state index is -0.294. The largest absolute Gasteiger partial charge is 0.322 e. The minimum absolute atomic E-state index is 0.104. The van der Waals surface area contributed by atoms with Crippen LogP contribution < -0.4 is 5.32 Å². The Kier molecular flexibility index (Phi) is 5.05. The monoisotopic (exact) mass is 402 g/mol. The third kappa shape index (κ3) is 3.79. The van der Waals surface area contributed by atoms with Crippen LogP contribution in [0.1, 0.15) is 23.9 Å². The number of likely N-dealkylation sites (tertiary alicyclic amines) is 1. The summed E-state index contributed by atoms with van der Waals surface area (Å²) in [5, 5.41) is 5.82. The van der Waals surface area contributed by atoms with E-state index in [0.29, 0.717) is 12.2 Å². The predicted molar refractivity (Wildman–Crippen MR) is 104 cm³/mol. The molecule has 0 spiro atoms. The van der Waals surface area contributed by atoms with Gasteiger partial charge in [0.05, 0.1) is 17.4 Å². The van der Waals surface area contributed by atoms with E-state index in [2.05, 4.69) is 15.3 Å². The van der Waals surface area contributed by atoms with Gasteiger partial charge in [-0.05, 0) is 37.1 Å². The molecule has 0 aliphatic carbocycles. The van der Waals surface area contributed by atoms with Crippen molar-refractivity contribution in [2.45, 2.75) is 18.9 Å². The number of benzene rings is 1. The third-order valence-electron chi connectivity index (χ3n) is 4.44. The Morgan fingerprint density at radius 2 is 2.22 bits per heavy atom. The number of hydrogen-bond acceptors (Lipinski definition) is 4. The van der Waals surface area contributed by atoms with Crippen LogP contribution >= 0.6 is 22.9 Å². The fraction of sp³-hybridized carbons (Fsp3) is 0.211. The van der Waals surface area contributed by atoms with E-state index < -0.39 is 0 Å². The highest BCUT2D eigenvalue weighted by molar-refractivity contribution is 7.10. The molecule has 138 valence electrons. The highest BCUT2D eigenvalue weighted by atomic mass is 35.5. The number of carbonyl (C=O) groups is 1. The highest BCUT2D eigenvalue weighted by Crippen LogP contribution is 2.36. The maximum absolute atomic E-state index is 13.5. The number of rotatable bonds is 3. The maximum Gasteiger partial charge on any atom is 0.322 e. The van der Waals surface area contributed by atoms with Gasteiger partial charge >= 0.3 is 6.03 Å². The van der Waals surface area contributed by atoms with Gasteiger partial charge in [0, 0.05) is 23.7 Å². The molecule has 8 heteroatoms. The molecular weight excluding hydrogens is 387 g/mol. The van der Waals surface area contributed by atoms with Gasteiger partial charge in [-0.1, -0.05) is 23.7 Å². The first-order valence-corrected chi connectivity index (χ1v) is 9.77. The van der Waals surface area contributed by atoms with Crippen molar-refractivity contribution in [1.29, 1.82) is 0 Å². The molecule has 3 aromatic rings. The molecule has 0 saturated carbocycles. The Morgan fingerprint density at radius 1 is 1.33 bits per heavy atom. The summed E-state index contributed by atoms with van der Waals surface area (Å²) < 4.78 is 13.5. The lowest BCUT2D eigenvalue weighted by atomic mass is 10.2. The summed E-state index contributed by atoms with van der Waals surface area (Å²) in [6.45, 7) is 0.642. The lowest BCUT2D eigenvalue weighted by Crippen LogP contribution is -2.34. The zero-order valence-electron chi connectivity index (χ0n) is 14.2. The Bertz CT molecular complexity index is 980. The molecule has 1 aromatic carbocycles. The normalized spacial score (nSPS) is 16.5. The van der Waals surface area contributed by atoms with Crippen molar-refractivity contribution in [2.24, 2.45) is 0 Å². The van der Waals surface area contributed by atoms with Gasteiger partial charge in [0.15, 0.2) is 5.15 Å². The molecule has 5 nitrogen and oxygen atoms in total. The molecule has 1 fully saturated rings. The number of carbonyl (C=O) groups excluding carboxylic acids is 1. The third-order valence-corrected chi connectivity index (χ3v) is 5.69. The SMILES string of the molecule is O=C(Nc1cccnc1Cl)N1CCC[C@H]1c1nc(-c2cccc(F)c2)cs1.